The maximum atomic E-state index is 5.37. The van der Waals surface area contributed by atoms with E-state index in [0.29, 0.717) is 6.54 Å². The Hall–Kier alpha value is -1.79. The number of guanidine groups is 1. The number of hydrogen-bond acceptors (Lipinski definition) is 4. The fraction of sp³-hybridized carbons (Fsp3) is 0.611. The number of para-hydroxylation sites is 1. The van der Waals surface area contributed by atoms with Crippen molar-refractivity contribution in [1.82, 2.24) is 15.5 Å². The normalized spacial score (nSPS) is 16.0. The van der Waals surface area contributed by atoms with Crippen LogP contribution in [0.4, 0.5) is 0 Å². The number of morpholine rings is 1. The summed E-state index contributed by atoms with van der Waals surface area (Å²) in [5, 5.41) is 6.70. The van der Waals surface area contributed by atoms with Gasteiger partial charge in [0.1, 0.15) is 5.75 Å². The first-order valence-electron chi connectivity index (χ1n) is 8.70. The molecule has 1 aliphatic rings. The molecule has 1 aromatic carbocycles. The van der Waals surface area contributed by atoms with E-state index in [4.69, 9.17) is 9.47 Å². The minimum Gasteiger partial charge on any atom is -0.496 e. The van der Waals surface area contributed by atoms with Gasteiger partial charge in [0.2, 0.25) is 0 Å². The topological polar surface area (TPSA) is 58.1 Å². The third-order valence-corrected chi connectivity index (χ3v) is 4.16. The third-order valence-electron chi connectivity index (χ3n) is 4.16. The lowest BCUT2D eigenvalue weighted by molar-refractivity contribution is 0.0372. The van der Waals surface area contributed by atoms with Gasteiger partial charge >= 0.3 is 0 Å². The van der Waals surface area contributed by atoms with Crippen molar-refractivity contribution in [3.05, 3.63) is 29.8 Å². The second kappa shape index (κ2) is 10.9. The predicted octanol–water partition coefficient (Wildman–Crippen LogP) is 1.47. The van der Waals surface area contributed by atoms with Gasteiger partial charge in [0.05, 0.1) is 20.3 Å². The van der Waals surface area contributed by atoms with Gasteiger partial charge in [-0.15, -0.1) is 0 Å². The Bertz CT molecular complexity index is 502. The molecule has 1 aromatic rings. The summed E-state index contributed by atoms with van der Waals surface area (Å²) in [5.41, 5.74) is 1.12. The van der Waals surface area contributed by atoms with Crippen LogP contribution in [0.3, 0.4) is 0 Å². The second-order valence-corrected chi connectivity index (χ2v) is 5.83. The molecule has 0 radical (unpaired) electrons. The van der Waals surface area contributed by atoms with Crippen molar-refractivity contribution < 1.29 is 9.47 Å². The van der Waals surface area contributed by atoms with E-state index in [1.807, 2.05) is 18.2 Å². The minimum atomic E-state index is 0.692. The molecule has 2 rings (SSSR count). The standard InChI is InChI=1S/C18H30N4O2/c1-19-18(21-15-16-7-3-4-8-17(16)23-2)20-9-5-6-10-22-11-13-24-14-12-22/h3-4,7-8H,5-6,9-15H2,1-2H3,(H2,19,20,21). The van der Waals surface area contributed by atoms with Crippen LogP contribution in [0.1, 0.15) is 18.4 Å². The molecule has 0 amide bonds. The number of rotatable bonds is 8. The van der Waals surface area contributed by atoms with Crippen LogP contribution in [0.25, 0.3) is 0 Å². The highest BCUT2D eigenvalue weighted by Gasteiger charge is 2.09. The SMILES string of the molecule is CN=C(NCCCCN1CCOCC1)NCc1ccccc1OC. The number of nitrogens with zero attached hydrogens (tertiary/aromatic N) is 2. The van der Waals surface area contributed by atoms with E-state index in [-0.39, 0.29) is 0 Å². The molecule has 2 N–H and O–H groups in total. The van der Waals surface area contributed by atoms with E-state index in [9.17, 15) is 0 Å². The Kier molecular flexibility index (Phi) is 8.41. The first-order chi connectivity index (χ1) is 11.8. The average molecular weight is 334 g/mol. The van der Waals surface area contributed by atoms with Gasteiger partial charge in [-0.05, 0) is 25.5 Å². The quantitative estimate of drug-likeness (QED) is 0.428. The molecule has 0 unspecified atom stereocenters. The van der Waals surface area contributed by atoms with Crippen LogP contribution in [-0.2, 0) is 11.3 Å². The van der Waals surface area contributed by atoms with E-state index in [1.165, 1.54) is 6.42 Å². The van der Waals surface area contributed by atoms with E-state index < -0.39 is 0 Å². The Morgan fingerprint density at radius 1 is 1.21 bits per heavy atom. The Morgan fingerprint density at radius 2 is 2.00 bits per heavy atom. The summed E-state index contributed by atoms with van der Waals surface area (Å²) in [5.74, 6) is 1.72. The van der Waals surface area contributed by atoms with Gasteiger partial charge in [0.15, 0.2) is 5.96 Å². The highest BCUT2D eigenvalue weighted by molar-refractivity contribution is 5.79. The van der Waals surface area contributed by atoms with Crippen molar-refractivity contribution in [2.75, 3.05) is 53.6 Å². The monoisotopic (exact) mass is 334 g/mol. The van der Waals surface area contributed by atoms with Gasteiger partial charge in [0, 0.05) is 38.8 Å². The molecular formula is C18H30N4O2. The number of methoxy groups -OCH3 is 1. The van der Waals surface area contributed by atoms with Crippen LogP contribution in [0.5, 0.6) is 5.75 Å². The second-order valence-electron chi connectivity index (χ2n) is 5.83. The molecule has 0 spiro atoms. The zero-order valence-corrected chi connectivity index (χ0v) is 14.9. The van der Waals surface area contributed by atoms with Gasteiger partial charge in [-0.2, -0.15) is 0 Å². The Morgan fingerprint density at radius 3 is 2.75 bits per heavy atom. The molecule has 134 valence electrons. The Balaban J connectivity index is 1.61. The van der Waals surface area contributed by atoms with E-state index in [2.05, 4.69) is 26.6 Å². The number of ether oxygens (including phenoxy) is 2. The Labute approximate surface area is 145 Å². The zero-order valence-electron chi connectivity index (χ0n) is 14.9. The first kappa shape index (κ1) is 18.5. The van der Waals surface area contributed by atoms with Crippen molar-refractivity contribution in [2.24, 2.45) is 4.99 Å². The number of hydrogen-bond donors (Lipinski definition) is 2. The van der Waals surface area contributed by atoms with E-state index >= 15 is 0 Å². The zero-order chi connectivity index (χ0) is 17.0. The molecule has 0 atom stereocenters. The fourth-order valence-electron chi connectivity index (χ4n) is 2.74. The maximum Gasteiger partial charge on any atom is 0.191 e. The van der Waals surface area contributed by atoms with Crippen molar-refractivity contribution >= 4 is 5.96 Å². The summed E-state index contributed by atoms with van der Waals surface area (Å²) in [7, 11) is 3.49. The summed E-state index contributed by atoms with van der Waals surface area (Å²) in [6.07, 6.45) is 2.32. The summed E-state index contributed by atoms with van der Waals surface area (Å²) in [6, 6.07) is 8.02. The molecule has 0 bridgehead atoms. The smallest absolute Gasteiger partial charge is 0.191 e. The van der Waals surface area contributed by atoms with Crippen LogP contribution in [-0.4, -0.2) is 64.4 Å². The van der Waals surface area contributed by atoms with Gasteiger partial charge in [-0.25, -0.2) is 0 Å². The van der Waals surface area contributed by atoms with Gasteiger partial charge in [-0.1, -0.05) is 18.2 Å². The molecule has 0 aliphatic carbocycles. The third kappa shape index (κ3) is 6.37. The number of unbranched alkanes of at least 4 members (excludes halogenated alkanes) is 1. The van der Waals surface area contributed by atoms with E-state index in [1.54, 1.807) is 14.2 Å². The van der Waals surface area contributed by atoms with Gasteiger partial charge in [-0.3, -0.25) is 9.89 Å². The first-order valence-corrected chi connectivity index (χ1v) is 8.70. The van der Waals surface area contributed by atoms with Gasteiger partial charge < -0.3 is 20.1 Å². The summed E-state index contributed by atoms with van der Waals surface area (Å²) >= 11 is 0. The highest BCUT2D eigenvalue weighted by Crippen LogP contribution is 2.16. The van der Waals surface area contributed by atoms with Crippen LogP contribution >= 0.6 is 0 Å². The number of nitrogens with one attached hydrogen (secondary N) is 2. The van der Waals surface area contributed by atoms with Crippen LogP contribution in [0.2, 0.25) is 0 Å². The molecule has 24 heavy (non-hydrogen) atoms. The largest absolute Gasteiger partial charge is 0.496 e. The summed E-state index contributed by atoms with van der Waals surface area (Å²) in [4.78, 5) is 6.74. The van der Waals surface area contributed by atoms with Crippen molar-refractivity contribution in [3.8, 4) is 5.75 Å². The van der Waals surface area contributed by atoms with Crippen LogP contribution in [0.15, 0.2) is 29.3 Å². The maximum absolute atomic E-state index is 5.37. The molecule has 0 aromatic heterocycles. The summed E-state index contributed by atoms with van der Waals surface area (Å²) < 4.78 is 10.7. The molecule has 6 heteroatoms. The fourth-order valence-corrected chi connectivity index (χ4v) is 2.74. The average Bonchev–Trinajstić information content (AvgIpc) is 2.65. The predicted molar refractivity (Wildman–Crippen MR) is 97.7 cm³/mol. The summed E-state index contributed by atoms with van der Waals surface area (Å²) in [6.45, 7) is 6.65. The van der Waals surface area contributed by atoms with Crippen LogP contribution in [0, 0.1) is 0 Å². The molecule has 1 fully saturated rings. The number of aliphatic imine (C=N–C) groups is 1. The lowest BCUT2D eigenvalue weighted by Gasteiger charge is -2.26. The number of benzene rings is 1. The van der Waals surface area contributed by atoms with Crippen molar-refractivity contribution in [2.45, 2.75) is 19.4 Å². The molecular weight excluding hydrogens is 304 g/mol. The molecule has 1 aliphatic heterocycles. The molecule has 1 heterocycles. The lowest BCUT2D eigenvalue weighted by atomic mass is 10.2. The minimum absolute atomic E-state index is 0.692. The highest BCUT2D eigenvalue weighted by atomic mass is 16.5. The molecule has 6 nitrogen and oxygen atoms in total. The molecule has 0 saturated carbocycles. The van der Waals surface area contributed by atoms with E-state index in [0.717, 1.165) is 63.1 Å². The van der Waals surface area contributed by atoms with Crippen molar-refractivity contribution in [1.29, 1.82) is 0 Å². The molecule has 1 saturated heterocycles. The van der Waals surface area contributed by atoms with Crippen LogP contribution < -0.4 is 15.4 Å². The van der Waals surface area contributed by atoms with Crippen molar-refractivity contribution in [3.63, 3.8) is 0 Å². The lowest BCUT2D eigenvalue weighted by Crippen LogP contribution is -2.38. The van der Waals surface area contributed by atoms with Gasteiger partial charge in [0.25, 0.3) is 0 Å².